The Bertz CT molecular complexity index is 182. The average molecular weight is 154 g/mol. The SMILES string of the molecule is C=C1CCC1C(=O)OC(C)C. The van der Waals surface area contributed by atoms with E-state index in [1.165, 1.54) is 0 Å². The molecule has 2 nitrogen and oxygen atoms in total. The Morgan fingerprint density at radius 2 is 2.36 bits per heavy atom. The lowest BCUT2D eigenvalue weighted by Crippen LogP contribution is -2.28. The Morgan fingerprint density at radius 3 is 2.64 bits per heavy atom. The van der Waals surface area contributed by atoms with Crippen molar-refractivity contribution >= 4 is 5.97 Å². The highest BCUT2D eigenvalue weighted by molar-refractivity contribution is 5.77. The smallest absolute Gasteiger partial charge is 0.313 e. The van der Waals surface area contributed by atoms with Gasteiger partial charge in [-0.1, -0.05) is 12.2 Å². The molecule has 0 aliphatic heterocycles. The third kappa shape index (κ3) is 1.82. The van der Waals surface area contributed by atoms with E-state index in [2.05, 4.69) is 6.58 Å². The second-order valence-electron chi connectivity index (χ2n) is 3.24. The first-order valence-electron chi connectivity index (χ1n) is 3.99. The van der Waals surface area contributed by atoms with Gasteiger partial charge in [0.1, 0.15) is 0 Å². The number of rotatable bonds is 2. The molecule has 1 rings (SSSR count). The van der Waals surface area contributed by atoms with E-state index in [1.807, 2.05) is 13.8 Å². The fourth-order valence-electron chi connectivity index (χ4n) is 1.09. The lowest BCUT2D eigenvalue weighted by Gasteiger charge is -2.27. The first-order chi connectivity index (χ1) is 5.11. The molecule has 2 heteroatoms. The standard InChI is InChI=1S/C9H14O2/c1-6(2)11-9(10)8-5-4-7(8)3/h6,8H,3-5H2,1-2H3. The normalized spacial score (nSPS) is 23.2. The van der Waals surface area contributed by atoms with Crippen LogP contribution >= 0.6 is 0 Å². The predicted octanol–water partition coefficient (Wildman–Crippen LogP) is 1.90. The largest absolute Gasteiger partial charge is 0.463 e. The average Bonchev–Trinajstić information content (AvgIpc) is 1.82. The van der Waals surface area contributed by atoms with E-state index in [9.17, 15) is 4.79 Å². The summed E-state index contributed by atoms with van der Waals surface area (Å²) in [6.07, 6.45) is 1.90. The molecule has 0 bridgehead atoms. The monoisotopic (exact) mass is 154 g/mol. The minimum atomic E-state index is -0.101. The molecule has 1 atom stereocenters. The Balaban J connectivity index is 2.36. The van der Waals surface area contributed by atoms with Crippen LogP contribution in [0.25, 0.3) is 0 Å². The maximum Gasteiger partial charge on any atom is 0.313 e. The maximum atomic E-state index is 11.2. The van der Waals surface area contributed by atoms with Gasteiger partial charge in [-0.3, -0.25) is 4.79 Å². The molecule has 0 aromatic rings. The highest BCUT2D eigenvalue weighted by Crippen LogP contribution is 2.32. The molecule has 0 aromatic heterocycles. The van der Waals surface area contributed by atoms with Crippen molar-refractivity contribution in [2.45, 2.75) is 32.8 Å². The predicted molar refractivity (Wildman–Crippen MR) is 43.1 cm³/mol. The fraction of sp³-hybridized carbons (Fsp3) is 0.667. The maximum absolute atomic E-state index is 11.2. The van der Waals surface area contributed by atoms with E-state index in [0.29, 0.717) is 0 Å². The van der Waals surface area contributed by atoms with Gasteiger partial charge in [-0.2, -0.15) is 0 Å². The summed E-state index contributed by atoms with van der Waals surface area (Å²) < 4.78 is 5.02. The van der Waals surface area contributed by atoms with E-state index < -0.39 is 0 Å². The molecule has 0 heterocycles. The number of hydrogen-bond acceptors (Lipinski definition) is 2. The van der Waals surface area contributed by atoms with Crippen LogP contribution in [0.15, 0.2) is 12.2 Å². The quantitative estimate of drug-likeness (QED) is 0.448. The molecule has 1 aliphatic carbocycles. The summed E-state index contributed by atoms with van der Waals surface area (Å²) in [5.41, 5.74) is 1.02. The summed E-state index contributed by atoms with van der Waals surface area (Å²) in [7, 11) is 0. The molecule has 0 saturated heterocycles. The van der Waals surface area contributed by atoms with Gasteiger partial charge in [0.05, 0.1) is 12.0 Å². The zero-order valence-corrected chi connectivity index (χ0v) is 7.09. The van der Waals surface area contributed by atoms with Crippen LogP contribution in [0.3, 0.4) is 0 Å². The van der Waals surface area contributed by atoms with Gasteiger partial charge in [-0.25, -0.2) is 0 Å². The molecule has 0 aromatic carbocycles. The highest BCUT2D eigenvalue weighted by atomic mass is 16.5. The van der Waals surface area contributed by atoms with Crippen molar-refractivity contribution in [1.82, 2.24) is 0 Å². The van der Waals surface area contributed by atoms with Crippen LogP contribution in [-0.2, 0) is 9.53 Å². The van der Waals surface area contributed by atoms with Crippen LogP contribution in [0.1, 0.15) is 26.7 Å². The van der Waals surface area contributed by atoms with Gasteiger partial charge < -0.3 is 4.74 Å². The molecular weight excluding hydrogens is 140 g/mol. The van der Waals surface area contributed by atoms with Crippen LogP contribution in [0.2, 0.25) is 0 Å². The number of ether oxygens (including phenoxy) is 1. The third-order valence-corrected chi connectivity index (χ3v) is 1.88. The molecule has 62 valence electrons. The summed E-state index contributed by atoms with van der Waals surface area (Å²) in [4.78, 5) is 11.2. The van der Waals surface area contributed by atoms with Crippen LogP contribution in [0.5, 0.6) is 0 Å². The van der Waals surface area contributed by atoms with E-state index in [4.69, 9.17) is 4.74 Å². The van der Waals surface area contributed by atoms with Gasteiger partial charge in [0, 0.05) is 0 Å². The van der Waals surface area contributed by atoms with Gasteiger partial charge in [0.15, 0.2) is 0 Å². The van der Waals surface area contributed by atoms with Gasteiger partial charge in [-0.05, 0) is 26.7 Å². The summed E-state index contributed by atoms with van der Waals surface area (Å²) in [6.45, 7) is 7.49. The number of carbonyl (C=O) groups is 1. The van der Waals surface area contributed by atoms with Gasteiger partial charge in [-0.15, -0.1) is 0 Å². The number of esters is 1. The van der Waals surface area contributed by atoms with E-state index >= 15 is 0 Å². The van der Waals surface area contributed by atoms with Gasteiger partial charge in [0.25, 0.3) is 0 Å². The van der Waals surface area contributed by atoms with Crippen molar-refractivity contribution in [1.29, 1.82) is 0 Å². The lowest BCUT2D eigenvalue weighted by atomic mass is 9.81. The lowest BCUT2D eigenvalue weighted by molar-refractivity contribution is -0.152. The molecular formula is C9H14O2. The molecule has 0 radical (unpaired) electrons. The second kappa shape index (κ2) is 3.07. The van der Waals surface area contributed by atoms with Crippen molar-refractivity contribution in [2.24, 2.45) is 5.92 Å². The minimum absolute atomic E-state index is 0.00241. The van der Waals surface area contributed by atoms with Crippen molar-refractivity contribution in [3.63, 3.8) is 0 Å². The van der Waals surface area contributed by atoms with Crippen molar-refractivity contribution in [3.8, 4) is 0 Å². The van der Waals surface area contributed by atoms with Crippen LogP contribution in [0.4, 0.5) is 0 Å². The highest BCUT2D eigenvalue weighted by Gasteiger charge is 2.30. The minimum Gasteiger partial charge on any atom is -0.463 e. The molecule has 1 fully saturated rings. The molecule has 1 aliphatic rings. The summed E-state index contributed by atoms with van der Waals surface area (Å²) in [5, 5.41) is 0. The topological polar surface area (TPSA) is 26.3 Å². The van der Waals surface area contributed by atoms with Crippen molar-refractivity contribution in [3.05, 3.63) is 12.2 Å². The zero-order valence-electron chi connectivity index (χ0n) is 7.09. The van der Waals surface area contributed by atoms with Crippen molar-refractivity contribution < 1.29 is 9.53 Å². The van der Waals surface area contributed by atoms with Crippen LogP contribution in [0, 0.1) is 5.92 Å². The van der Waals surface area contributed by atoms with Gasteiger partial charge in [0.2, 0.25) is 0 Å². The first-order valence-corrected chi connectivity index (χ1v) is 3.99. The summed E-state index contributed by atoms with van der Waals surface area (Å²) in [6, 6.07) is 0. The Kier molecular flexibility index (Phi) is 2.32. The van der Waals surface area contributed by atoms with Crippen LogP contribution < -0.4 is 0 Å². The number of carbonyl (C=O) groups excluding carboxylic acids is 1. The summed E-state index contributed by atoms with van der Waals surface area (Å²) in [5.74, 6) is -0.103. The first kappa shape index (κ1) is 8.31. The molecule has 0 amide bonds. The molecule has 0 N–H and O–H groups in total. The molecule has 0 spiro atoms. The number of hydrogen-bond donors (Lipinski definition) is 0. The zero-order chi connectivity index (χ0) is 8.43. The molecule has 1 saturated carbocycles. The fourth-order valence-corrected chi connectivity index (χ4v) is 1.09. The van der Waals surface area contributed by atoms with Crippen molar-refractivity contribution in [2.75, 3.05) is 0 Å². The second-order valence-corrected chi connectivity index (χ2v) is 3.24. The molecule has 11 heavy (non-hydrogen) atoms. The Labute approximate surface area is 67.2 Å². The molecule has 1 unspecified atom stereocenters. The Morgan fingerprint density at radius 1 is 1.73 bits per heavy atom. The Hall–Kier alpha value is -0.790. The third-order valence-electron chi connectivity index (χ3n) is 1.88. The van der Waals surface area contributed by atoms with E-state index in [0.717, 1.165) is 18.4 Å². The summed E-state index contributed by atoms with van der Waals surface area (Å²) >= 11 is 0. The van der Waals surface area contributed by atoms with E-state index in [1.54, 1.807) is 0 Å². The van der Waals surface area contributed by atoms with E-state index in [-0.39, 0.29) is 18.0 Å². The van der Waals surface area contributed by atoms with Crippen LogP contribution in [-0.4, -0.2) is 12.1 Å². The van der Waals surface area contributed by atoms with Gasteiger partial charge >= 0.3 is 5.97 Å².